The van der Waals surface area contributed by atoms with Crippen LogP contribution >= 0.6 is 22.6 Å². The Bertz CT molecular complexity index is 416. The van der Waals surface area contributed by atoms with Crippen molar-refractivity contribution in [3.63, 3.8) is 0 Å². The molecule has 1 rings (SSSR count). The van der Waals surface area contributed by atoms with Crippen LogP contribution in [0.3, 0.4) is 0 Å². The minimum atomic E-state index is -4.36. The summed E-state index contributed by atoms with van der Waals surface area (Å²) in [7, 11) is 1.25. The van der Waals surface area contributed by atoms with E-state index < -0.39 is 17.7 Å². The number of hydrogen-bond donors (Lipinski definition) is 0. The third-order valence-corrected chi connectivity index (χ3v) is 3.25. The van der Waals surface area contributed by atoms with Crippen LogP contribution in [0.4, 0.5) is 13.2 Å². The van der Waals surface area contributed by atoms with Gasteiger partial charge in [0.1, 0.15) is 0 Å². The molecule has 0 spiro atoms. The molecule has 0 saturated heterocycles. The summed E-state index contributed by atoms with van der Waals surface area (Å²) in [6, 6.07) is 3.50. The van der Waals surface area contributed by atoms with E-state index in [0.29, 0.717) is 9.13 Å². The second-order valence-corrected chi connectivity index (χ2v) is 4.54. The fourth-order valence-corrected chi connectivity index (χ4v) is 1.89. The van der Waals surface area contributed by atoms with Crippen LogP contribution in [-0.2, 0) is 22.1 Å². The lowest BCUT2D eigenvalue weighted by atomic mass is 10.1. The van der Waals surface area contributed by atoms with Gasteiger partial charge in [-0.25, -0.2) is 0 Å². The maximum Gasteiger partial charge on any atom is 0.416 e. The van der Waals surface area contributed by atoms with Crippen LogP contribution in [0.15, 0.2) is 18.2 Å². The standard InChI is InChI=1S/C11H10F3IO2/c1-17-10(16)5-2-7-6-8(11(12,13)14)3-4-9(7)15/h3-4,6H,2,5H2,1H3. The lowest BCUT2D eigenvalue weighted by Gasteiger charge is -2.10. The van der Waals surface area contributed by atoms with Crippen molar-refractivity contribution >= 4 is 28.6 Å². The third-order valence-electron chi connectivity index (χ3n) is 2.20. The molecular formula is C11H10F3IO2. The van der Waals surface area contributed by atoms with Gasteiger partial charge in [-0.05, 0) is 52.8 Å². The van der Waals surface area contributed by atoms with Crippen molar-refractivity contribution in [1.29, 1.82) is 0 Å². The molecule has 2 nitrogen and oxygen atoms in total. The van der Waals surface area contributed by atoms with Gasteiger partial charge in [0.05, 0.1) is 12.7 Å². The van der Waals surface area contributed by atoms with Crippen LogP contribution in [0.1, 0.15) is 17.5 Å². The Balaban J connectivity index is 2.88. The predicted octanol–water partition coefficient (Wildman–Crippen LogP) is 3.42. The second-order valence-electron chi connectivity index (χ2n) is 3.38. The van der Waals surface area contributed by atoms with Crippen molar-refractivity contribution in [2.75, 3.05) is 7.11 Å². The highest BCUT2D eigenvalue weighted by Gasteiger charge is 2.30. The van der Waals surface area contributed by atoms with Crippen LogP contribution in [0, 0.1) is 3.57 Å². The van der Waals surface area contributed by atoms with E-state index in [1.807, 2.05) is 22.6 Å². The van der Waals surface area contributed by atoms with Crippen LogP contribution in [0.25, 0.3) is 0 Å². The molecule has 17 heavy (non-hydrogen) atoms. The quantitative estimate of drug-likeness (QED) is 0.612. The van der Waals surface area contributed by atoms with Gasteiger partial charge in [-0.1, -0.05) is 0 Å². The van der Waals surface area contributed by atoms with E-state index in [1.165, 1.54) is 13.2 Å². The number of hydrogen-bond acceptors (Lipinski definition) is 2. The van der Waals surface area contributed by atoms with E-state index in [-0.39, 0.29) is 12.8 Å². The van der Waals surface area contributed by atoms with Gasteiger partial charge >= 0.3 is 12.1 Å². The van der Waals surface area contributed by atoms with Gasteiger partial charge in [0.25, 0.3) is 0 Å². The molecule has 0 fully saturated rings. The first kappa shape index (κ1) is 14.3. The first-order valence-corrected chi connectivity index (χ1v) is 5.85. The van der Waals surface area contributed by atoms with Crippen LogP contribution in [0.2, 0.25) is 0 Å². The zero-order valence-electron chi connectivity index (χ0n) is 8.97. The summed E-state index contributed by atoms with van der Waals surface area (Å²) in [5, 5.41) is 0. The van der Waals surface area contributed by atoms with Gasteiger partial charge in [-0.15, -0.1) is 0 Å². The Hall–Kier alpha value is -0.790. The molecule has 0 amide bonds. The first-order chi connectivity index (χ1) is 7.84. The van der Waals surface area contributed by atoms with Crippen molar-refractivity contribution in [2.45, 2.75) is 19.0 Å². The van der Waals surface area contributed by atoms with Gasteiger partial charge in [0.15, 0.2) is 0 Å². The number of methoxy groups -OCH3 is 1. The number of alkyl halides is 3. The molecule has 0 aliphatic heterocycles. The van der Waals surface area contributed by atoms with Crippen molar-refractivity contribution in [3.8, 4) is 0 Å². The Morgan fingerprint density at radius 2 is 2.06 bits per heavy atom. The summed E-state index contributed by atoms with van der Waals surface area (Å²) in [6.07, 6.45) is -4.03. The van der Waals surface area contributed by atoms with Gasteiger partial charge < -0.3 is 4.74 Å². The lowest BCUT2D eigenvalue weighted by molar-refractivity contribution is -0.140. The number of carbonyl (C=O) groups is 1. The highest BCUT2D eigenvalue weighted by Crippen LogP contribution is 2.31. The monoisotopic (exact) mass is 358 g/mol. The SMILES string of the molecule is COC(=O)CCc1cc(C(F)(F)F)ccc1I. The average molecular weight is 358 g/mol. The molecule has 94 valence electrons. The molecule has 6 heteroatoms. The minimum Gasteiger partial charge on any atom is -0.469 e. The summed E-state index contributed by atoms with van der Waals surface area (Å²) >= 11 is 1.94. The van der Waals surface area contributed by atoms with E-state index in [9.17, 15) is 18.0 Å². The Kier molecular flexibility index (Phi) is 4.79. The third kappa shape index (κ3) is 4.18. The normalized spacial score (nSPS) is 11.4. The fraction of sp³-hybridized carbons (Fsp3) is 0.364. The summed E-state index contributed by atoms with van der Waals surface area (Å²) in [6.45, 7) is 0. The molecule has 0 aliphatic carbocycles. The second kappa shape index (κ2) is 5.70. The number of esters is 1. The van der Waals surface area contributed by atoms with Gasteiger partial charge in [0.2, 0.25) is 0 Å². The molecule has 0 N–H and O–H groups in total. The lowest BCUT2D eigenvalue weighted by Crippen LogP contribution is -2.07. The van der Waals surface area contributed by atoms with Crippen LogP contribution < -0.4 is 0 Å². The van der Waals surface area contributed by atoms with E-state index in [2.05, 4.69) is 4.74 Å². The highest BCUT2D eigenvalue weighted by molar-refractivity contribution is 14.1. The number of rotatable bonds is 3. The highest BCUT2D eigenvalue weighted by atomic mass is 127. The van der Waals surface area contributed by atoms with Crippen molar-refractivity contribution in [2.24, 2.45) is 0 Å². The maximum absolute atomic E-state index is 12.5. The van der Waals surface area contributed by atoms with Crippen molar-refractivity contribution < 1.29 is 22.7 Å². The van der Waals surface area contributed by atoms with E-state index >= 15 is 0 Å². The molecule has 0 heterocycles. The number of ether oxygens (including phenoxy) is 1. The summed E-state index contributed by atoms with van der Waals surface area (Å²) in [4.78, 5) is 10.9. The number of carbonyl (C=O) groups excluding carboxylic acids is 1. The van der Waals surface area contributed by atoms with Crippen LogP contribution in [-0.4, -0.2) is 13.1 Å². The maximum atomic E-state index is 12.5. The molecule has 0 atom stereocenters. The Morgan fingerprint density at radius 3 is 2.59 bits per heavy atom. The topological polar surface area (TPSA) is 26.3 Å². The largest absolute Gasteiger partial charge is 0.469 e. The first-order valence-electron chi connectivity index (χ1n) is 4.77. The van der Waals surface area contributed by atoms with Gasteiger partial charge in [0, 0.05) is 9.99 Å². The van der Waals surface area contributed by atoms with E-state index in [0.717, 1.165) is 12.1 Å². The van der Waals surface area contributed by atoms with E-state index in [1.54, 1.807) is 0 Å². The smallest absolute Gasteiger partial charge is 0.416 e. The Morgan fingerprint density at radius 1 is 1.41 bits per heavy atom. The molecule has 1 aromatic carbocycles. The molecule has 0 aliphatic rings. The fourth-order valence-electron chi connectivity index (χ4n) is 1.28. The van der Waals surface area contributed by atoms with E-state index in [4.69, 9.17) is 0 Å². The Labute approximate surface area is 110 Å². The molecule has 0 radical (unpaired) electrons. The number of benzene rings is 1. The number of halogens is 4. The molecule has 0 unspecified atom stereocenters. The van der Waals surface area contributed by atoms with Crippen LogP contribution in [0.5, 0.6) is 0 Å². The zero-order valence-corrected chi connectivity index (χ0v) is 11.1. The predicted molar refractivity (Wildman–Crippen MR) is 64.5 cm³/mol. The molecule has 1 aromatic rings. The van der Waals surface area contributed by atoms with Crippen molar-refractivity contribution in [3.05, 3.63) is 32.9 Å². The van der Waals surface area contributed by atoms with Gasteiger partial charge in [-0.2, -0.15) is 13.2 Å². The molecule has 0 aromatic heterocycles. The number of aryl methyl sites for hydroxylation is 1. The average Bonchev–Trinajstić information content (AvgIpc) is 2.26. The molecule has 0 bridgehead atoms. The summed E-state index contributed by atoms with van der Waals surface area (Å²) in [5.41, 5.74) is -0.191. The minimum absolute atomic E-state index is 0.0772. The zero-order chi connectivity index (χ0) is 13.1. The van der Waals surface area contributed by atoms with Crippen molar-refractivity contribution in [1.82, 2.24) is 0 Å². The molecule has 0 saturated carbocycles. The molecular weight excluding hydrogens is 348 g/mol. The summed E-state index contributed by atoms with van der Waals surface area (Å²) in [5.74, 6) is -0.432. The van der Waals surface area contributed by atoms with Gasteiger partial charge in [-0.3, -0.25) is 4.79 Å². The summed E-state index contributed by atoms with van der Waals surface area (Å²) < 4.78 is 42.6.